The fourth-order valence-electron chi connectivity index (χ4n) is 2.61. The molecule has 2 heterocycles. The fraction of sp³-hybridized carbons (Fsp3) is 0.235. The van der Waals surface area contributed by atoms with Crippen molar-refractivity contribution in [1.82, 2.24) is 4.90 Å². The third kappa shape index (κ3) is 3.48. The lowest BCUT2D eigenvalue weighted by atomic mass is 10.0. The van der Waals surface area contributed by atoms with Crippen molar-refractivity contribution < 1.29 is 24.3 Å². The molecular weight excluding hydrogens is 344 g/mol. The lowest BCUT2D eigenvalue weighted by Crippen LogP contribution is -2.45. The zero-order valence-corrected chi connectivity index (χ0v) is 14.2. The molecule has 1 N–H and O–H groups in total. The van der Waals surface area contributed by atoms with Crippen molar-refractivity contribution in [2.75, 3.05) is 13.7 Å². The molecule has 8 heteroatoms. The van der Waals surface area contributed by atoms with E-state index in [1.807, 2.05) is 30.3 Å². The molecule has 7 nitrogen and oxygen atoms in total. The van der Waals surface area contributed by atoms with Crippen LogP contribution in [0.15, 0.2) is 46.9 Å². The van der Waals surface area contributed by atoms with Crippen molar-refractivity contribution in [1.29, 1.82) is 0 Å². The first kappa shape index (κ1) is 17.0. The Kier molecular flexibility index (Phi) is 4.99. The van der Waals surface area contributed by atoms with Crippen LogP contribution in [0.3, 0.4) is 0 Å². The number of nitrogens with zero attached hydrogens (tertiary/aromatic N) is 2. The molecule has 1 aliphatic heterocycles. The number of methoxy groups -OCH3 is 1. The molecule has 130 valence electrons. The van der Waals surface area contributed by atoms with Crippen LogP contribution in [0.25, 0.3) is 0 Å². The highest BCUT2D eigenvalue weighted by Crippen LogP contribution is 2.35. The Morgan fingerprint density at radius 2 is 2.08 bits per heavy atom. The molecule has 0 spiro atoms. The van der Waals surface area contributed by atoms with Crippen LogP contribution in [0.4, 0.5) is 4.79 Å². The summed E-state index contributed by atoms with van der Waals surface area (Å²) >= 11 is 1.29. The summed E-state index contributed by atoms with van der Waals surface area (Å²) in [7, 11) is 1.24. The third-order valence-electron chi connectivity index (χ3n) is 3.81. The molecule has 0 bridgehead atoms. The van der Waals surface area contributed by atoms with E-state index < -0.39 is 18.1 Å². The van der Waals surface area contributed by atoms with Crippen LogP contribution in [0, 0.1) is 0 Å². The van der Waals surface area contributed by atoms with Gasteiger partial charge in [-0.05, 0) is 17.0 Å². The van der Waals surface area contributed by atoms with Crippen LogP contribution in [-0.4, -0.2) is 41.4 Å². The van der Waals surface area contributed by atoms with E-state index in [0.717, 1.165) is 10.5 Å². The average molecular weight is 360 g/mol. The number of ether oxygens (including phenoxy) is 1. The number of thiophene rings is 1. The predicted octanol–water partition coefficient (Wildman–Crippen LogP) is 2.88. The van der Waals surface area contributed by atoms with Crippen molar-refractivity contribution in [3.63, 3.8) is 0 Å². The van der Waals surface area contributed by atoms with E-state index in [2.05, 4.69) is 5.16 Å². The molecule has 0 aliphatic carbocycles. The Hall–Kier alpha value is -2.87. The molecule has 0 saturated heterocycles. The van der Waals surface area contributed by atoms with Crippen LogP contribution in [0.1, 0.15) is 22.0 Å². The monoisotopic (exact) mass is 360 g/mol. The van der Waals surface area contributed by atoms with Gasteiger partial charge in [-0.3, -0.25) is 4.90 Å². The number of carbonyl (C=O) groups is 2. The highest BCUT2D eigenvalue weighted by atomic mass is 32.1. The maximum absolute atomic E-state index is 12.1. The maximum atomic E-state index is 12.1. The van der Waals surface area contributed by atoms with Gasteiger partial charge < -0.3 is 14.7 Å². The molecule has 25 heavy (non-hydrogen) atoms. The molecule has 3 rings (SSSR count). The lowest BCUT2D eigenvalue weighted by molar-refractivity contribution is -0.146. The Labute approximate surface area is 148 Å². The van der Waals surface area contributed by atoms with E-state index in [0.29, 0.717) is 16.2 Å². The van der Waals surface area contributed by atoms with Gasteiger partial charge in [-0.1, -0.05) is 35.5 Å². The lowest BCUT2D eigenvalue weighted by Gasteiger charge is -2.31. The second kappa shape index (κ2) is 7.35. The van der Waals surface area contributed by atoms with E-state index in [-0.39, 0.29) is 13.2 Å². The quantitative estimate of drug-likeness (QED) is 0.669. The van der Waals surface area contributed by atoms with Gasteiger partial charge in [-0.15, -0.1) is 11.3 Å². The maximum Gasteiger partial charge on any atom is 0.408 e. The van der Waals surface area contributed by atoms with E-state index in [4.69, 9.17) is 9.57 Å². The number of oxime groups is 1. The summed E-state index contributed by atoms with van der Waals surface area (Å²) < 4.78 is 4.76. The number of hydrogen-bond donors (Lipinski definition) is 1. The minimum Gasteiger partial charge on any atom is -0.467 e. The van der Waals surface area contributed by atoms with Gasteiger partial charge in [0.25, 0.3) is 0 Å². The van der Waals surface area contributed by atoms with Gasteiger partial charge in [-0.25, -0.2) is 9.59 Å². The number of fused-ring (bicyclic) bond motifs is 1. The van der Waals surface area contributed by atoms with Crippen LogP contribution >= 0.6 is 11.3 Å². The Morgan fingerprint density at radius 1 is 1.32 bits per heavy atom. The molecule has 0 radical (unpaired) electrons. The van der Waals surface area contributed by atoms with Crippen LogP contribution in [0.5, 0.6) is 0 Å². The van der Waals surface area contributed by atoms with Crippen molar-refractivity contribution in [2.24, 2.45) is 5.16 Å². The number of esters is 1. The summed E-state index contributed by atoms with van der Waals surface area (Å²) in [6, 6.07) is 10.4. The average Bonchev–Trinajstić information content (AvgIpc) is 3.11. The van der Waals surface area contributed by atoms with Crippen molar-refractivity contribution in [3.8, 4) is 0 Å². The van der Waals surface area contributed by atoms with Crippen molar-refractivity contribution >= 4 is 29.1 Å². The molecule has 1 amide bonds. The second-order valence-electron chi connectivity index (χ2n) is 5.33. The number of benzene rings is 1. The van der Waals surface area contributed by atoms with Gasteiger partial charge in [0.05, 0.1) is 13.7 Å². The first-order chi connectivity index (χ1) is 12.1. The van der Waals surface area contributed by atoms with E-state index in [9.17, 15) is 14.7 Å². The van der Waals surface area contributed by atoms with Gasteiger partial charge >= 0.3 is 12.1 Å². The Bertz CT molecular complexity index is 802. The topological polar surface area (TPSA) is 88.4 Å². The standard InChI is InChI=1S/C17H16N2O5S/c1-23-16(20)14-15-12(7-8-25-15)13(9-19(14)17(21)22)18-24-10-11-5-3-2-4-6-11/h2-8,14H,9-10H2,1H3,(H,21,22). The molecule has 1 aromatic heterocycles. The first-order valence-electron chi connectivity index (χ1n) is 7.49. The first-order valence-corrected chi connectivity index (χ1v) is 8.37. The number of carbonyl (C=O) groups excluding carboxylic acids is 1. The van der Waals surface area contributed by atoms with E-state index in [1.165, 1.54) is 18.4 Å². The molecule has 0 fully saturated rings. The summed E-state index contributed by atoms with van der Waals surface area (Å²) in [5, 5.41) is 15.4. The van der Waals surface area contributed by atoms with Gasteiger partial charge in [0.15, 0.2) is 6.04 Å². The second-order valence-corrected chi connectivity index (χ2v) is 6.28. The van der Waals surface area contributed by atoms with Gasteiger partial charge in [-0.2, -0.15) is 0 Å². The Balaban J connectivity index is 1.86. The number of amides is 1. The predicted molar refractivity (Wildman–Crippen MR) is 91.6 cm³/mol. The highest BCUT2D eigenvalue weighted by Gasteiger charge is 2.40. The molecule has 0 saturated carbocycles. The minimum atomic E-state index is -1.22. The minimum absolute atomic E-state index is 0.0480. The van der Waals surface area contributed by atoms with Crippen LogP contribution in [0.2, 0.25) is 0 Å². The largest absolute Gasteiger partial charge is 0.467 e. The summed E-state index contributed by atoms with van der Waals surface area (Å²) in [6.07, 6.45) is -1.22. The van der Waals surface area contributed by atoms with Crippen LogP contribution < -0.4 is 0 Å². The molecule has 1 atom stereocenters. The number of hydrogen-bond acceptors (Lipinski definition) is 6. The number of carboxylic acid groups (broad SMARTS) is 1. The zero-order valence-electron chi connectivity index (χ0n) is 13.4. The third-order valence-corrected chi connectivity index (χ3v) is 4.77. The van der Waals surface area contributed by atoms with Gasteiger partial charge in [0.2, 0.25) is 0 Å². The smallest absolute Gasteiger partial charge is 0.408 e. The van der Waals surface area contributed by atoms with Gasteiger partial charge in [0, 0.05) is 10.4 Å². The SMILES string of the molecule is COC(=O)C1c2sccc2C(=NOCc2ccccc2)CN1C(=O)O. The summed E-state index contributed by atoms with van der Waals surface area (Å²) in [6.45, 7) is 0.227. The molecule has 2 aromatic rings. The number of rotatable bonds is 4. The summed E-state index contributed by atoms with van der Waals surface area (Å²) in [4.78, 5) is 30.6. The van der Waals surface area contributed by atoms with E-state index in [1.54, 1.807) is 11.4 Å². The van der Waals surface area contributed by atoms with Crippen molar-refractivity contribution in [3.05, 3.63) is 57.8 Å². The van der Waals surface area contributed by atoms with Crippen LogP contribution in [-0.2, 0) is 21.0 Å². The van der Waals surface area contributed by atoms with Crippen molar-refractivity contribution in [2.45, 2.75) is 12.6 Å². The zero-order chi connectivity index (χ0) is 17.8. The summed E-state index contributed by atoms with van der Waals surface area (Å²) in [5.41, 5.74) is 2.14. The molecular formula is C17H16N2O5S. The normalized spacial score (nSPS) is 17.9. The molecule has 1 aromatic carbocycles. The highest BCUT2D eigenvalue weighted by molar-refractivity contribution is 7.10. The summed E-state index contributed by atoms with van der Waals surface area (Å²) in [5.74, 6) is -0.615. The Morgan fingerprint density at radius 3 is 2.76 bits per heavy atom. The fourth-order valence-corrected chi connectivity index (χ4v) is 3.63. The van der Waals surface area contributed by atoms with E-state index >= 15 is 0 Å². The molecule has 1 aliphatic rings. The molecule has 1 unspecified atom stereocenters. The van der Waals surface area contributed by atoms with Gasteiger partial charge in [0.1, 0.15) is 12.3 Å².